The number of halogens is 1. The molecule has 1 saturated carbocycles. The van der Waals surface area contributed by atoms with Gasteiger partial charge in [0.2, 0.25) is 5.91 Å². The zero-order chi connectivity index (χ0) is 13.4. The Labute approximate surface area is 111 Å². The maximum atomic E-state index is 12.8. The average Bonchev–Trinajstić information content (AvgIpc) is 2.99. The largest absolute Gasteiger partial charge is 0.497 e. The number of methoxy groups -OCH3 is 1. The molecular formula is C15H16FNO2. The van der Waals surface area contributed by atoms with Gasteiger partial charge < -0.3 is 9.64 Å². The zero-order valence-corrected chi connectivity index (χ0v) is 10.8. The molecule has 3 nitrogen and oxygen atoms in total. The van der Waals surface area contributed by atoms with E-state index in [2.05, 4.69) is 0 Å². The highest BCUT2D eigenvalue weighted by Crippen LogP contribution is 2.43. The quantitative estimate of drug-likeness (QED) is 0.837. The lowest BCUT2D eigenvalue weighted by molar-refractivity contribution is -0.133. The van der Waals surface area contributed by atoms with Gasteiger partial charge in [-0.25, -0.2) is 4.39 Å². The third kappa shape index (κ3) is 2.01. The van der Waals surface area contributed by atoms with E-state index in [0.29, 0.717) is 19.3 Å². The summed E-state index contributed by atoms with van der Waals surface area (Å²) in [7, 11) is 1.62. The van der Waals surface area contributed by atoms with E-state index in [0.717, 1.165) is 23.3 Å². The van der Waals surface area contributed by atoms with Crippen LogP contribution in [0, 0.1) is 5.92 Å². The van der Waals surface area contributed by atoms with Gasteiger partial charge in [0.1, 0.15) is 5.75 Å². The van der Waals surface area contributed by atoms with Crippen LogP contribution in [-0.4, -0.2) is 24.0 Å². The first kappa shape index (κ1) is 12.2. The third-order valence-electron chi connectivity index (χ3n) is 4.08. The van der Waals surface area contributed by atoms with Gasteiger partial charge in [0.15, 0.2) is 0 Å². The molecule has 100 valence electrons. The first-order chi connectivity index (χ1) is 9.22. The van der Waals surface area contributed by atoms with Gasteiger partial charge in [0.25, 0.3) is 0 Å². The molecule has 0 radical (unpaired) electrons. The van der Waals surface area contributed by atoms with Gasteiger partial charge in [-0.15, -0.1) is 0 Å². The Kier molecular flexibility index (Phi) is 3.01. The molecule has 0 N–H and O–H groups in total. The van der Waals surface area contributed by atoms with E-state index in [9.17, 15) is 9.18 Å². The SMILES string of the molecule is COc1ccc(CN2C(=O)C3C/C(=C\F)C2C3)cc1. The second-order valence-corrected chi connectivity index (χ2v) is 5.15. The molecule has 0 aromatic heterocycles. The first-order valence-electron chi connectivity index (χ1n) is 6.45. The minimum Gasteiger partial charge on any atom is -0.497 e. The number of ether oxygens (including phenoxy) is 1. The second-order valence-electron chi connectivity index (χ2n) is 5.15. The Bertz CT molecular complexity index is 523. The molecular weight excluding hydrogens is 245 g/mol. The summed E-state index contributed by atoms with van der Waals surface area (Å²) in [5.74, 6) is 0.944. The summed E-state index contributed by atoms with van der Waals surface area (Å²) in [5.41, 5.74) is 1.80. The fourth-order valence-corrected chi connectivity index (χ4v) is 3.06. The van der Waals surface area contributed by atoms with Gasteiger partial charge in [0, 0.05) is 12.5 Å². The Hall–Kier alpha value is -1.84. The molecule has 2 fully saturated rings. The minimum atomic E-state index is -0.0374. The van der Waals surface area contributed by atoms with Crippen LogP contribution >= 0.6 is 0 Å². The van der Waals surface area contributed by atoms with Crippen LogP contribution in [0.15, 0.2) is 36.2 Å². The maximum absolute atomic E-state index is 12.8. The maximum Gasteiger partial charge on any atom is 0.226 e. The Balaban J connectivity index is 1.77. The van der Waals surface area contributed by atoms with Gasteiger partial charge in [-0.3, -0.25) is 4.79 Å². The van der Waals surface area contributed by atoms with Crippen molar-refractivity contribution >= 4 is 5.91 Å². The number of amides is 1. The highest BCUT2D eigenvalue weighted by molar-refractivity contribution is 5.84. The highest BCUT2D eigenvalue weighted by atomic mass is 19.1. The number of likely N-dealkylation sites (tertiary alicyclic amines) is 1. The molecule has 4 heteroatoms. The minimum absolute atomic E-state index is 0.00903. The van der Waals surface area contributed by atoms with Crippen molar-refractivity contribution in [1.82, 2.24) is 4.90 Å². The number of carbonyl (C=O) groups excluding carboxylic acids is 1. The summed E-state index contributed by atoms with van der Waals surface area (Å²) in [6.07, 6.45) is 2.04. The van der Waals surface area contributed by atoms with Crippen LogP contribution in [0.25, 0.3) is 0 Å². The van der Waals surface area contributed by atoms with Crippen molar-refractivity contribution in [3.63, 3.8) is 0 Å². The Morgan fingerprint density at radius 3 is 2.74 bits per heavy atom. The van der Waals surface area contributed by atoms with Crippen molar-refractivity contribution in [3.05, 3.63) is 41.7 Å². The number of hydrogen-bond acceptors (Lipinski definition) is 2. The van der Waals surface area contributed by atoms with E-state index in [4.69, 9.17) is 4.74 Å². The molecule has 0 spiro atoms. The lowest BCUT2D eigenvalue weighted by Gasteiger charge is -2.28. The number of rotatable bonds is 3. The van der Waals surface area contributed by atoms with Crippen molar-refractivity contribution in [1.29, 1.82) is 0 Å². The van der Waals surface area contributed by atoms with E-state index < -0.39 is 0 Å². The topological polar surface area (TPSA) is 29.5 Å². The van der Waals surface area contributed by atoms with Crippen LogP contribution in [0.3, 0.4) is 0 Å². The fourth-order valence-electron chi connectivity index (χ4n) is 3.06. The smallest absolute Gasteiger partial charge is 0.226 e. The summed E-state index contributed by atoms with van der Waals surface area (Å²) in [6.45, 7) is 0.543. The lowest BCUT2D eigenvalue weighted by atomic mass is 10.0. The number of hydrogen-bond donors (Lipinski definition) is 0. The summed E-state index contributed by atoms with van der Waals surface area (Å²) in [5, 5.41) is 0. The third-order valence-corrected chi connectivity index (χ3v) is 4.08. The number of fused-ring (bicyclic) bond motifs is 2. The van der Waals surface area contributed by atoms with Gasteiger partial charge in [0.05, 0.1) is 19.5 Å². The first-order valence-corrected chi connectivity index (χ1v) is 6.45. The number of nitrogens with zero attached hydrogens (tertiary/aromatic N) is 1. The van der Waals surface area contributed by atoms with E-state index >= 15 is 0 Å². The predicted octanol–water partition coefficient (Wildman–Crippen LogP) is 2.67. The van der Waals surface area contributed by atoms with Crippen molar-refractivity contribution in [2.24, 2.45) is 5.92 Å². The summed E-state index contributed by atoms with van der Waals surface area (Å²) in [4.78, 5) is 13.9. The van der Waals surface area contributed by atoms with Crippen LogP contribution in [-0.2, 0) is 11.3 Å². The summed E-state index contributed by atoms with van der Waals surface area (Å²) < 4.78 is 17.9. The number of benzene rings is 1. The van der Waals surface area contributed by atoms with E-state index in [1.807, 2.05) is 24.3 Å². The molecule has 2 atom stereocenters. The second kappa shape index (κ2) is 4.68. The molecule has 3 rings (SSSR count). The average molecular weight is 261 g/mol. The molecule has 1 saturated heterocycles. The molecule has 2 bridgehead atoms. The summed E-state index contributed by atoms with van der Waals surface area (Å²) >= 11 is 0. The predicted molar refractivity (Wildman–Crippen MR) is 69.2 cm³/mol. The molecule has 1 aliphatic heterocycles. The molecule has 2 unspecified atom stereocenters. The molecule has 19 heavy (non-hydrogen) atoms. The molecule has 1 aromatic rings. The van der Waals surface area contributed by atoms with Crippen molar-refractivity contribution in [3.8, 4) is 5.75 Å². The molecule has 1 aromatic carbocycles. The zero-order valence-electron chi connectivity index (χ0n) is 10.8. The van der Waals surface area contributed by atoms with Gasteiger partial charge in [-0.1, -0.05) is 12.1 Å². The van der Waals surface area contributed by atoms with Gasteiger partial charge in [-0.05, 0) is 36.1 Å². The van der Waals surface area contributed by atoms with Crippen molar-refractivity contribution in [2.45, 2.75) is 25.4 Å². The Morgan fingerprint density at radius 2 is 2.16 bits per heavy atom. The summed E-state index contributed by atoms with van der Waals surface area (Å²) in [6, 6.07) is 7.60. The van der Waals surface area contributed by atoms with Crippen LogP contribution in [0.2, 0.25) is 0 Å². The number of piperidine rings is 1. The van der Waals surface area contributed by atoms with Crippen molar-refractivity contribution < 1.29 is 13.9 Å². The fraction of sp³-hybridized carbons (Fsp3) is 0.400. The van der Waals surface area contributed by atoms with E-state index in [1.54, 1.807) is 12.0 Å². The van der Waals surface area contributed by atoms with Gasteiger partial charge in [-0.2, -0.15) is 0 Å². The monoisotopic (exact) mass is 261 g/mol. The van der Waals surface area contributed by atoms with Crippen LogP contribution in [0.5, 0.6) is 5.75 Å². The van der Waals surface area contributed by atoms with E-state index in [-0.39, 0.29) is 17.9 Å². The van der Waals surface area contributed by atoms with E-state index in [1.165, 1.54) is 0 Å². The Morgan fingerprint density at radius 1 is 1.42 bits per heavy atom. The molecule has 1 heterocycles. The molecule has 2 aliphatic rings. The standard InChI is InChI=1S/C15H16FNO2/c1-19-13-4-2-10(3-5-13)9-17-14-7-11(15(17)18)6-12(14)8-16/h2-5,8,11,14H,6-7,9H2,1H3/b12-8+. The van der Waals surface area contributed by atoms with Crippen molar-refractivity contribution in [2.75, 3.05) is 7.11 Å². The molecule has 1 aliphatic carbocycles. The lowest BCUT2D eigenvalue weighted by Crippen LogP contribution is -2.37. The highest BCUT2D eigenvalue weighted by Gasteiger charge is 2.47. The molecule has 1 amide bonds. The normalized spacial score (nSPS) is 27.4. The van der Waals surface area contributed by atoms with Gasteiger partial charge >= 0.3 is 0 Å². The van der Waals surface area contributed by atoms with Crippen LogP contribution in [0.4, 0.5) is 4.39 Å². The van der Waals surface area contributed by atoms with Crippen LogP contribution in [0.1, 0.15) is 18.4 Å². The van der Waals surface area contributed by atoms with Crippen LogP contribution < -0.4 is 4.74 Å². The number of carbonyl (C=O) groups is 1.